The average Bonchev–Trinajstić information content (AvgIpc) is 3.23. The SMILES string of the molecule is [2H]N(C(=O)[C@@H](C)O[C@H]1[C@H](O)[C@@H](COC(=O)C[C@@H](CCCCCCCCC)OC(=O)CCCCCCCCCCCCC)OC[C@@H]1NC(C)=O)[C@@H](C)C(=O)N[C@@H](CCC(=O)O)C(N)=O. The van der Waals surface area contributed by atoms with E-state index in [-0.39, 0.29) is 31.8 Å². The third-order valence-electron chi connectivity index (χ3n) is 10.9. The van der Waals surface area contributed by atoms with E-state index in [1.165, 1.54) is 78.6 Å². The number of rotatable bonds is 36. The van der Waals surface area contributed by atoms with Crippen molar-refractivity contribution in [1.82, 2.24) is 15.9 Å². The maximum atomic E-state index is 13.3. The van der Waals surface area contributed by atoms with Crippen molar-refractivity contribution in [3.8, 4) is 0 Å². The van der Waals surface area contributed by atoms with Crippen LogP contribution in [-0.2, 0) is 52.5 Å². The van der Waals surface area contributed by atoms with E-state index in [0.29, 0.717) is 11.7 Å². The normalized spacial score (nSPS) is 19.5. The van der Waals surface area contributed by atoms with Gasteiger partial charge in [0.25, 0.3) is 0 Å². The van der Waals surface area contributed by atoms with Gasteiger partial charge in [-0.25, -0.2) is 0 Å². The molecule has 7 N–H and O–H groups in total. The molecule has 0 bridgehead atoms. The number of unbranched alkanes of at least 4 members (excludes halogenated alkanes) is 16. The third-order valence-corrected chi connectivity index (χ3v) is 10.9. The lowest BCUT2D eigenvalue weighted by Crippen LogP contribution is -2.62. The van der Waals surface area contributed by atoms with Crippen molar-refractivity contribution in [3.05, 3.63) is 0 Å². The summed E-state index contributed by atoms with van der Waals surface area (Å²) < 4.78 is 31.3. The Morgan fingerprint density at radius 2 is 1.32 bits per heavy atom. The van der Waals surface area contributed by atoms with Gasteiger partial charge in [-0.2, -0.15) is 0 Å². The van der Waals surface area contributed by atoms with E-state index < -0.39 is 97.2 Å². The average molecular weight is 886 g/mol. The maximum Gasteiger partial charge on any atom is 0.309 e. The molecule has 17 nitrogen and oxygen atoms in total. The van der Waals surface area contributed by atoms with Crippen LogP contribution in [0, 0.1) is 0 Å². The number of aliphatic hydroxyl groups is 1. The molecule has 0 aromatic carbocycles. The zero-order chi connectivity index (χ0) is 47.2. The molecule has 0 aliphatic carbocycles. The van der Waals surface area contributed by atoms with Crippen LogP contribution in [0.2, 0.25) is 1.41 Å². The molecule has 0 aromatic rings. The quantitative estimate of drug-likeness (QED) is 0.0356. The summed E-state index contributed by atoms with van der Waals surface area (Å²) in [6, 6.07) is -3.80. The van der Waals surface area contributed by atoms with Crippen LogP contribution in [0.25, 0.3) is 0 Å². The van der Waals surface area contributed by atoms with Gasteiger partial charge in [-0.1, -0.05) is 117 Å². The second-order valence-corrected chi connectivity index (χ2v) is 16.6. The van der Waals surface area contributed by atoms with Gasteiger partial charge in [0, 0.05) is 19.8 Å². The summed E-state index contributed by atoms with van der Waals surface area (Å²) in [5.41, 5.74) is 5.28. The van der Waals surface area contributed by atoms with Gasteiger partial charge in [-0.15, -0.1) is 0 Å². The Kier molecular flexibility index (Phi) is 29.5. The fourth-order valence-electron chi connectivity index (χ4n) is 7.20. The number of carboxylic acids is 1. The topological polar surface area (TPSA) is 259 Å². The number of nitrogens with two attached hydrogens (primary N) is 1. The summed E-state index contributed by atoms with van der Waals surface area (Å²) in [6.07, 6.45) is 13.9. The molecule has 17 heteroatoms. The first kappa shape index (κ1) is 54.3. The number of aliphatic carboxylic acids is 1. The maximum absolute atomic E-state index is 13.3. The smallest absolute Gasteiger partial charge is 0.309 e. The van der Waals surface area contributed by atoms with Crippen LogP contribution in [0.15, 0.2) is 0 Å². The molecule has 1 aliphatic rings. The van der Waals surface area contributed by atoms with E-state index in [4.69, 9.17) is 31.2 Å². The zero-order valence-corrected chi connectivity index (χ0v) is 38.2. The molecule has 1 rings (SSSR count). The first-order chi connectivity index (χ1) is 30.0. The number of carboxylic acid groups (broad SMARTS) is 1. The van der Waals surface area contributed by atoms with Crippen LogP contribution in [0.3, 0.4) is 0 Å². The van der Waals surface area contributed by atoms with Crippen LogP contribution >= 0.6 is 0 Å². The van der Waals surface area contributed by atoms with Gasteiger partial charge in [0.15, 0.2) is 1.41 Å². The van der Waals surface area contributed by atoms with Gasteiger partial charge < -0.3 is 50.8 Å². The highest BCUT2D eigenvalue weighted by molar-refractivity contribution is 5.92. The van der Waals surface area contributed by atoms with Crippen molar-refractivity contribution < 1.29 is 64.1 Å². The number of esters is 2. The molecular weight excluding hydrogens is 805 g/mol. The Hall–Kier alpha value is -3.83. The Balaban J connectivity index is 2.84. The van der Waals surface area contributed by atoms with E-state index in [9.17, 15) is 38.7 Å². The second kappa shape index (κ2) is 33.7. The van der Waals surface area contributed by atoms with E-state index in [1.807, 2.05) is 0 Å². The van der Waals surface area contributed by atoms with Gasteiger partial charge in [-0.05, 0) is 39.5 Å². The molecule has 1 aliphatic heterocycles. The van der Waals surface area contributed by atoms with Crippen LogP contribution < -0.4 is 21.7 Å². The minimum Gasteiger partial charge on any atom is -0.481 e. The van der Waals surface area contributed by atoms with Crippen molar-refractivity contribution in [2.75, 3.05) is 13.2 Å². The predicted octanol–water partition coefficient (Wildman–Crippen LogP) is 5.05. The minimum absolute atomic E-state index is 0.187. The van der Waals surface area contributed by atoms with Crippen molar-refractivity contribution in [3.63, 3.8) is 0 Å². The van der Waals surface area contributed by atoms with Gasteiger partial charge in [0.1, 0.15) is 49.2 Å². The van der Waals surface area contributed by atoms with E-state index in [0.717, 1.165) is 57.8 Å². The molecule has 1 saturated heterocycles. The van der Waals surface area contributed by atoms with Crippen molar-refractivity contribution in [2.24, 2.45) is 5.73 Å². The lowest BCUT2D eigenvalue weighted by Gasteiger charge is -2.41. The molecule has 62 heavy (non-hydrogen) atoms. The van der Waals surface area contributed by atoms with Crippen LogP contribution in [0.4, 0.5) is 0 Å². The van der Waals surface area contributed by atoms with Crippen molar-refractivity contribution >= 4 is 41.5 Å². The summed E-state index contributed by atoms with van der Waals surface area (Å²) in [5, 5.41) is 25.5. The van der Waals surface area contributed by atoms with Crippen molar-refractivity contribution in [1.29, 1.82) is 0 Å². The summed E-state index contributed by atoms with van der Waals surface area (Å²) in [5.74, 6) is -5.68. The van der Waals surface area contributed by atoms with E-state index in [2.05, 4.69) is 24.5 Å². The van der Waals surface area contributed by atoms with Gasteiger partial charge in [0.05, 0.1) is 19.1 Å². The highest BCUT2D eigenvalue weighted by Crippen LogP contribution is 2.22. The fraction of sp³-hybridized carbons (Fsp3) is 0.844. The highest BCUT2D eigenvalue weighted by Gasteiger charge is 2.43. The third kappa shape index (κ3) is 25.9. The minimum atomic E-state index is -1.55. The van der Waals surface area contributed by atoms with Gasteiger partial charge in [0.2, 0.25) is 23.6 Å². The molecular formula is C45H80N4O13. The summed E-state index contributed by atoms with van der Waals surface area (Å²) in [7, 11) is 0. The molecule has 0 spiro atoms. The first-order valence-electron chi connectivity index (χ1n) is 23.7. The second-order valence-electron chi connectivity index (χ2n) is 16.6. The number of nitrogens with one attached hydrogen (secondary N) is 3. The molecule has 358 valence electrons. The lowest BCUT2D eigenvalue weighted by atomic mass is 9.97. The largest absolute Gasteiger partial charge is 0.481 e. The molecule has 0 radical (unpaired) electrons. The standard InChI is InChI=1S/C45H80N4O13/c1-6-8-10-12-14-15-16-17-19-21-23-25-39(53)62-34(24-22-20-18-13-11-9-7-2)28-40(54)60-30-37-41(55)42(36(29-59-37)48-33(5)50)61-32(4)45(58)47-31(3)44(57)49-35(43(46)56)26-27-38(51)52/h31-32,34-37,41-42,55H,6-30H2,1-5H3,(H2,46,56)(H,47,58)(H,48,50)(H,49,57)(H,51,52)/t31-,32+,34+,35-,36-,37+,41+,42+/m0/s1/i/hD. The Bertz CT molecular complexity index is 1370. The summed E-state index contributed by atoms with van der Waals surface area (Å²) in [4.78, 5) is 86.9. The number of aliphatic hydroxyl groups excluding tert-OH is 1. The molecule has 0 aromatic heterocycles. The number of primary amides is 1. The number of hydrogen-bond donors (Lipinski definition) is 6. The monoisotopic (exact) mass is 886 g/mol. The molecule has 8 atom stereocenters. The van der Waals surface area contributed by atoms with Crippen LogP contribution in [-0.4, -0.2) is 114 Å². The summed E-state index contributed by atoms with van der Waals surface area (Å²) in [6.45, 7) is 7.48. The van der Waals surface area contributed by atoms with Gasteiger partial charge in [-0.3, -0.25) is 33.6 Å². The Labute approximate surface area is 370 Å². The molecule has 0 unspecified atom stereocenters. The van der Waals surface area contributed by atoms with Gasteiger partial charge >= 0.3 is 17.9 Å². The number of hydrogen-bond acceptors (Lipinski definition) is 12. The number of carbonyl (C=O) groups excluding carboxylic acids is 6. The zero-order valence-electron chi connectivity index (χ0n) is 39.2. The van der Waals surface area contributed by atoms with Crippen molar-refractivity contribution in [2.45, 2.75) is 231 Å². The molecule has 1 heterocycles. The number of amides is 4. The first-order valence-corrected chi connectivity index (χ1v) is 23.2. The van der Waals surface area contributed by atoms with E-state index >= 15 is 0 Å². The highest BCUT2D eigenvalue weighted by atomic mass is 16.6. The predicted molar refractivity (Wildman–Crippen MR) is 232 cm³/mol. The summed E-state index contributed by atoms with van der Waals surface area (Å²) >= 11 is 0. The number of ether oxygens (including phenoxy) is 4. The molecule has 0 saturated carbocycles. The molecule has 1 fully saturated rings. The fourth-order valence-corrected chi connectivity index (χ4v) is 7.20. The molecule has 4 amide bonds. The lowest BCUT2D eigenvalue weighted by molar-refractivity contribution is -0.198. The van der Waals surface area contributed by atoms with E-state index in [1.54, 1.807) is 0 Å². The Morgan fingerprint density at radius 3 is 1.85 bits per heavy atom. The van der Waals surface area contributed by atoms with Crippen LogP contribution in [0.1, 0.15) is 182 Å². The Morgan fingerprint density at radius 1 is 0.774 bits per heavy atom. The van der Waals surface area contributed by atoms with Crippen LogP contribution in [0.5, 0.6) is 0 Å². The number of carbonyl (C=O) groups is 7.